The zero-order valence-corrected chi connectivity index (χ0v) is 18.6. The van der Waals surface area contributed by atoms with Crippen molar-refractivity contribution in [3.63, 3.8) is 0 Å². The third-order valence-corrected chi connectivity index (χ3v) is 5.05. The van der Waals surface area contributed by atoms with E-state index < -0.39 is 0 Å². The molecule has 4 heteroatoms. The molecule has 160 valence electrons. The highest BCUT2D eigenvalue weighted by atomic mass is 16.5. The van der Waals surface area contributed by atoms with Crippen molar-refractivity contribution >= 4 is 11.9 Å². The fourth-order valence-electron chi connectivity index (χ4n) is 2.64. The Morgan fingerprint density at radius 3 is 1.74 bits per heavy atom. The zero-order chi connectivity index (χ0) is 20.5. The molecule has 1 unspecified atom stereocenters. The van der Waals surface area contributed by atoms with Gasteiger partial charge in [0.15, 0.2) is 0 Å². The molecule has 0 aliphatic rings. The Labute approximate surface area is 167 Å². The number of ether oxygens (including phenoxy) is 2. The number of hydrogen-bond donors (Lipinski definition) is 0. The molecule has 0 rings (SSSR count). The smallest absolute Gasteiger partial charge is 0.306 e. The van der Waals surface area contributed by atoms with Crippen molar-refractivity contribution in [3.05, 3.63) is 0 Å². The lowest BCUT2D eigenvalue weighted by Gasteiger charge is -2.26. The second-order valence-corrected chi connectivity index (χ2v) is 8.75. The van der Waals surface area contributed by atoms with Crippen molar-refractivity contribution in [1.29, 1.82) is 0 Å². The normalized spacial score (nSPS) is 12.6. The summed E-state index contributed by atoms with van der Waals surface area (Å²) >= 11 is 0. The molecule has 0 aliphatic heterocycles. The van der Waals surface area contributed by atoms with E-state index in [0.717, 1.165) is 12.8 Å². The second kappa shape index (κ2) is 15.9. The summed E-state index contributed by atoms with van der Waals surface area (Å²) in [5.74, 6) is -0.327. The summed E-state index contributed by atoms with van der Waals surface area (Å²) in [5.41, 5.74) is -0.0471. The summed E-state index contributed by atoms with van der Waals surface area (Å²) in [6, 6.07) is 0. The largest absolute Gasteiger partial charge is 0.466 e. The van der Waals surface area contributed by atoms with Gasteiger partial charge < -0.3 is 9.47 Å². The van der Waals surface area contributed by atoms with Crippen LogP contribution in [0.3, 0.4) is 0 Å². The Morgan fingerprint density at radius 1 is 0.741 bits per heavy atom. The van der Waals surface area contributed by atoms with Crippen LogP contribution in [0, 0.1) is 5.41 Å². The van der Waals surface area contributed by atoms with E-state index in [1.807, 2.05) is 6.92 Å². The Morgan fingerprint density at radius 2 is 1.22 bits per heavy atom. The molecular weight excluding hydrogens is 340 g/mol. The van der Waals surface area contributed by atoms with E-state index in [2.05, 4.69) is 27.7 Å². The van der Waals surface area contributed by atoms with Gasteiger partial charge in [-0.05, 0) is 31.6 Å². The van der Waals surface area contributed by atoms with Gasteiger partial charge in [-0.25, -0.2) is 0 Å². The average molecular weight is 385 g/mol. The third-order valence-electron chi connectivity index (χ3n) is 5.05. The maximum Gasteiger partial charge on any atom is 0.306 e. The van der Waals surface area contributed by atoms with Gasteiger partial charge in [0.2, 0.25) is 0 Å². The highest BCUT2D eigenvalue weighted by Gasteiger charge is 2.23. The van der Waals surface area contributed by atoms with Crippen LogP contribution in [0.15, 0.2) is 0 Å². The molecule has 0 saturated heterocycles. The quantitative estimate of drug-likeness (QED) is 0.222. The summed E-state index contributed by atoms with van der Waals surface area (Å²) in [6.07, 6.45) is 13.3. The first-order chi connectivity index (χ1) is 12.8. The second-order valence-electron chi connectivity index (χ2n) is 8.75. The van der Waals surface area contributed by atoms with Gasteiger partial charge in [-0.2, -0.15) is 0 Å². The molecule has 0 N–H and O–H groups in total. The van der Waals surface area contributed by atoms with Crippen LogP contribution in [0.5, 0.6) is 0 Å². The molecule has 4 nitrogen and oxygen atoms in total. The molecule has 0 amide bonds. The van der Waals surface area contributed by atoms with Crippen molar-refractivity contribution < 1.29 is 19.1 Å². The number of hydrogen-bond acceptors (Lipinski definition) is 4. The fraction of sp³-hybridized carbons (Fsp3) is 0.913. The van der Waals surface area contributed by atoms with Crippen LogP contribution in [0.4, 0.5) is 0 Å². The van der Waals surface area contributed by atoms with Crippen LogP contribution >= 0.6 is 0 Å². The summed E-state index contributed by atoms with van der Waals surface area (Å²) in [6.45, 7) is 10.8. The lowest BCUT2D eigenvalue weighted by atomic mass is 9.90. The Bertz CT molecular complexity index is 384. The third kappa shape index (κ3) is 16.8. The SMILES string of the molecule is CCCCCCCCCCCOC(=O)CCCCC(=O)OC(C)C(C)(C)C. The molecule has 27 heavy (non-hydrogen) atoms. The lowest BCUT2D eigenvalue weighted by molar-refractivity contribution is -0.153. The van der Waals surface area contributed by atoms with E-state index in [0.29, 0.717) is 32.3 Å². The molecule has 0 radical (unpaired) electrons. The first-order valence-electron chi connectivity index (χ1n) is 11.1. The maximum atomic E-state index is 11.8. The molecule has 0 spiro atoms. The first kappa shape index (κ1) is 25.9. The van der Waals surface area contributed by atoms with Crippen molar-refractivity contribution in [2.24, 2.45) is 5.41 Å². The summed E-state index contributed by atoms with van der Waals surface area (Å²) < 4.78 is 10.7. The van der Waals surface area contributed by atoms with Gasteiger partial charge >= 0.3 is 11.9 Å². The molecule has 0 heterocycles. The van der Waals surface area contributed by atoms with Gasteiger partial charge in [-0.15, -0.1) is 0 Å². The van der Waals surface area contributed by atoms with Crippen LogP contribution in [0.2, 0.25) is 0 Å². The van der Waals surface area contributed by atoms with Gasteiger partial charge in [-0.3, -0.25) is 9.59 Å². The van der Waals surface area contributed by atoms with E-state index in [1.54, 1.807) is 0 Å². The van der Waals surface area contributed by atoms with Crippen LogP contribution < -0.4 is 0 Å². The van der Waals surface area contributed by atoms with Crippen molar-refractivity contribution in [2.75, 3.05) is 6.61 Å². The standard InChI is InChI=1S/C23H44O4/c1-6-7-8-9-10-11-12-13-16-19-26-21(24)17-14-15-18-22(25)27-20(2)23(3,4)5/h20H,6-19H2,1-5H3. The summed E-state index contributed by atoms with van der Waals surface area (Å²) in [5, 5.41) is 0. The van der Waals surface area contributed by atoms with Gasteiger partial charge in [-0.1, -0.05) is 79.1 Å². The lowest BCUT2D eigenvalue weighted by Crippen LogP contribution is -2.28. The fourth-order valence-corrected chi connectivity index (χ4v) is 2.64. The molecule has 0 aromatic carbocycles. The zero-order valence-electron chi connectivity index (χ0n) is 18.6. The Hall–Kier alpha value is -1.06. The number of carbonyl (C=O) groups is 2. The van der Waals surface area contributed by atoms with Gasteiger partial charge in [0.05, 0.1) is 6.61 Å². The van der Waals surface area contributed by atoms with E-state index in [9.17, 15) is 9.59 Å². The Kier molecular flexibility index (Phi) is 15.3. The molecule has 0 aromatic rings. The van der Waals surface area contributed by atoms with Crippen LogP contribution in [-0.4, -0.2) is 24.6 Å². The topological polar surface area (TPSA) is 52.6 Å². The van der Waals surface area contributed by atoms with Crippen molar-refractivity contribution in [1.82, 2.24) is 0 Å². The van der Waals surface area contributed by atoms with Crippen LogP contribution in [-0.2, 0) is 19.1 Å². The molecule has 0 fully saturated rings. The number of rotatable bonds is 16. The van der Waals surface area contributed by atoms with Gasteiger partial charge in [0.1, 0.15) is 6.10 Å². The number of unbranched alkanes of at least 4 members (excludes halogenated alkanes) is 9. The molecular formula is C23H44O4. The van der Waals surface area contributed by atoms with E-state index in [-0.39, 0.29) is 23.5 Å². The minimum Gasteiger partial charge on any atom is -0.466 e. The van der Waals surface area contributed by atoms with E-state index in [4.69, 9.17) is 9.47 Å². The number of esters is 2. The molecule has 1 atom stereocenters. The Balaban J connectivity index is 3.46. The van der Waals surface area contributed by atoms with Crippen molar-refractivity contribution in [2.45, 2.75) is 124 Å². The van der Waals surface area contributed by atoms with Crippen LogP contribution in [0.1, 0.15) is 118 Å². The predicted octanol–water partition coefficient (Wildman–Crippen LogP) is 6.60. The highest BCUT2D eigenvalue weighted by molar-refractivity contribution is 5.70. The summed E-state index contributed by atoms with van der Waals surface area (Å²) in [7, 11) is 0. The van der Waals surface area contributed by atoms with Gasteiger partial charge in [0.25, 0.3) is 0 Å². The highest BCUT2D eigenvalue weighted by Crippen LogP contribution is 2.22. The minimum absolute atomic E-state index is 0.0471. The molecule has 0 bridgehead atoms. The molecule has 0 aromatic heterocycles. The molecule has 0 saturated carbocycles. The van der Waals surface area contributed by atoms with Crippen molar-refractivity contribution in [3.8, 4) is 0 Å². The summed E-state index contributed by atoms with van der Waals surface area (Å²) in [4.78, 5) is 23.5. The van der Waals surface area contributed by atoms with Crippen LogP contribution in [0.25, 0.3) is 0 Å². The monoisotopic (exact) mass is 384 g/mol. The van der Waals surface area contributed by atoms with E-state index >= 15 is 0 Å². The van der Waals surface area contributed by atoms with E-state index in [1.165, 1.54) is 44.9 Å². The predicted molar refractivity (Wildman–Crippen MR) is 112 cm³/mol. The maximum absolute atomic E-state index is 11.8. The van der Waals surface area contributed by atoms with Gasteiger partial charge in [0, 0.05) is 12.8 Å². The first-order valence-corrected chi connectivity index (χ1v) is 11.1. The molecule has 0 aliphatic carbocycles. The average Bonchev–Trinajstić information content (AvgIpc) is 2.59. The minimum atomic E-state index is -0.180. The number of carbonyl (C=O) groups excluding carboxylic acids is 2.